The molecule has 0 aliphatic rings. The van der Waals surface area contributed by atoms with Crippen LogP contribution in [-0.2, 0) is 28.8 Å². The Balaban J connectivity index is 4.63. The van der Waals surface area contributed by atoms with Crippen LogP contribution in [0.15, 0.2) is 0 Å². The topological polar surface area (TPSA) is 231 Å². The van der Waals surface area contributed by atoms with E-state index in [2.05, 4.69) is 10.6 Å². The molecule has 0 aromatic carbocycles. The van der Waals surface area contributed by atoms with Crippen molar-refractivity contribution in [1.29, 1.82) is 0 Å². The van der Waals surface area contributed by atoms with Crippen LogP contribution in [0.2, 0.25) is 0 Å². The molecule has 0 spiro atoms. The maximum atomic E-state index is 12.0. The second kappa shape index (κ2) is 11.5. The van der Waals surface area contributed by atoms with Gasteiger partial charge in [0.2, 0.25) is 23.6 Å². The molecule has 0 aromatic heterocycles. The van der Waals surface area contributed by atoms with E-state index in [0.29, 0.717) is 0 Å². The molecule has 13 heteroatoms. The van der Waals surface area contributed by atoms with Gasteiger partial charge in [0.1, 0.15) is 18.1 Å². The lowest BCUT2D eigenvalue weighted by atomic mass is 10.1. The van der Waals surface area contributed by atoms with Gasteiger partial charge in [-0.2, -0.15) is 0 Å². The van der Waals surface area contributed by atoms with E-state index in [4.69, 9.17) is 21.7 Å². The van der Waals surface area contributed by atoms with Crippen molar-refractivity contribution >= 4 is 35.6 Å². The molecule has 28 heavy (non-hydrogen) atoms. The number of nitrogens with one attached hydrogen (secondary N) is 3. The summed E-state index contributed by atoms with van der Waals surface area (Å²) in [5.74, 6) is -5.97. The Labute approximate surface area is 160 Å². The molecule has 9 N–H and O–H groups in total. The van der Waals surface area contributed by atoms with E-state index in [1.165, 1.54) is 13.8 Å². The molecule has 0 saturated heterocycles. The third-order valence-corrected chi connectivity index (χ3v) is 3.54. The molecule has 4 unspecified atom stereocenters. The van der Waals surface area contributed by atoms with Crippen LogP contribution in [0.3, 0.4) is 0 Å². The molecule has 0 aromatic rings. The zero-order chi connectivity index (χ0) is 22.0. The highest BCUT2D eigenvalue weighted by Crippen LogP contribution is 1.97. The van der Waals surface area contributed by atoms with E-state index in [1.807, 2.05) is 5.32 Å². The third kappa shape index (κ3) is 9.47. The fraction of sp³-hybridized carbons (Fsp3) is 0.600. The Morgan fingerprint density at radius 3 is 1.75 bits per heavy atom. The predicted octanol–water partition coefficient (Wildman–Crippen LogP) is -3.37. The molecule has 0 saturated carbocycles. The number of hydrogen-bond donors (Lipinski definition) is 7. The fourth-order valence-corrected chi connectivity index (χ4v) is 1.89. The highest BCUT2D eigenvalue weighted by atomic mass is 16.4. The second-order valence-electron chi connectivity index (χ2n) is 6.07. The normalized spacial score (nSPS) is 14.7. The molecule has 0 fully saturated rings. The van der Waals surface area contributed by atoms with Crippen molar-refractivity contribution in [1.82, 2.24) is 16.0 Å². The summed E-state index contributed by atoms with van der Waals surface area (Å²) in [7, 11) is 0. The van der Waals surface area contributed by atoms with Crippen LogP contribution in [0.25, 0.3) is 0 Å². The molecule has 0 rings (SSSR count). The molecule has 158 valence electrons. The van der Waals surface area contributed by atoms with Crippen molar-refractivity contribution in [2.45, 2.75) is 57.3 Å². The zero-order valence-corrected chi connectivity index (χ0v) is 15.4. The molecule has 0 aliphatic heterocycles. The van der Waals surface area contributed by atoms with E-state index in [-0.39, 0.29) is 12.8 Å². The maximum absolute atomic E-state index is 12.0. The van der Waals surface area contributed by atoms with Crippen LogP contribution in [0.1, 0.15) is 33.1 Å². The minimum absolute atomic E-state index is 0.00549. The van der Waals surface area contributed by atoms with Gasteiger partial charge in [-0.3, -0.25) is 24.0 Å². The van der Waals surface area contributed by atoms with Crippen molar-refractivity contribution in [3.05, 3.63) is 0 Å². The molecule has 4 amide bonds. The Morgan fingerprint density at radius 1 is 0.857 bits per heavy atom. The lowest BCUT2D eigenvalue weighted by Crippen LogP contribution is -2.55. The predicted molar refractivity (Wildman–Crippen MR) is 93.4 cm³/mol. The van der Waals surface area contributed by atoms with E-state index >= 15 is 0 Å². The summed E-state index contributed by atoms with van der Waals surface area (Å²) in [6.07, 6.45) is -0.945. The van der Waals surface area contributed by atoms with Crippen LogP contribution in [0.5, 0.6) is 0 Å². The van der Waals surface area contributed by atoms with Crippen LogP contribution >= 0.6 is 0 Å². The van der Waals surface area contributed by atoms with Gasteiger partial charge in [-0.05, 0) is 20.3 Å². The molecule has 0 radical (unpaired) electrons. The lowest BCUT2D eigenvalue weighted by molar-refractivity contribution is -0.147. The average molecular weight is 403 g/mol. The molecule has 0 heterocycles. The number of carboxylic acids is 2. The Kier molecular flexibility index (Phi) is 10.2. The Bertz CT molecular complexity index is 638. The fourth-order valence-electron chi connectivity index (χ4n) is 1.89. The maximum Gasteiger partial charge on any atom is 0.326 e. The van der Waals surface area contributed by atoms with E-state index in [0.717, 1.165) is 0 Å². The van der Waals surface area contributed by atoms with Gasteiger partial charge in [-0.15, -0.1) is 0 Å². The molecule has 0 aliphatic carbocycles. The summed E-state index contributed by atoms with van der Waals surface area (Å²) in [6.45, 7) is 2.57. The number of primary amides is 1. The molecular weight excluding hydrogens is 378 g/mol. The SMILES string of the molecule is CC(NC(=O)C(N)CCC(N)=O)C(=O)NC(C)C(=O)NC(CC(=O)O)C(=O)O. The van der Waals surface area contributed by atoms with Gasteiger partial charge in [0, 0.05) is 6.42 Å². The number of nitrogens with two attached hydrogens (primary N) is 2. The number of carbonyl (C=O) groups is 6. The van der Waals surface area contributed by atoms with E-state index in [1.54, 1.807) is 0 Å². The van der Waals surface area contributed by atoms with Gasteiger partial charge < -0.3 is 37.6 Å². The minimum Gasteiger partial charge on any atom is -0.481 e. The smallest absolute Gasteiger partial charge is 0.326 e. The highest BCUT2D eigenvalue weighted by molar-refractivity contribution is 5.94. The van der Waals surface area contributed by atoms with Gasteiger partial charge in [0.25, 0.3) is 0 Å². The van der Waals surface area contributed by atoms with Crippen LogP contribution in [0, 0.1) is 0 Å². The first-order chi connectivity index (χ1) is 12.8. The van der Waals surface area contributed by atoms with Crippen molar-refractivity contribution in [3.63, 3.8) is 0 Å². The van der Waals surface area contributed by atoms with E-state index < -0.39 is 66.2 Å². The number of aliphatic carboxylic acids is 2. The largest absolute Gasteiger partial charge is 0.481 e. The first kappa shape index (κ1) is 24.8. The monoisotopic (exact) mass is 403 g/mol. The third-order valence-electron chi connectivity index (χ3n) is 3.54. The summed E-state index contributed by atoms with van der Waals surface area (Å²) in [5.41, 5.74) is 10.5. The second-order valence-corrected chi connectivity index (χ2v) is 6.07. The summed E-state index contributed by atoms with van der Waals surface area (Å²) >= 11 is 0. The molecule has 0 bridgehead atoms. The van der Waals surface area contributed by atoms with Crippen molar-refractivity contribution < 1.29 is 39.0 Å². The first-order valence-corrected chi connectivity index (χ1v) is 8.24. The van der Waals surface area contributed by atoms with Gasteiger partial charge in [0.15, 0.2) is 0 Å². The molecular formula is C15H25N5O8. The number of amides is 4. The van der Waals surface area contributed by atoms with E-state index in [9.17, 15) is 28.8 Å². The summed E-state index contributed by atoms with van der Waals surface area (Å²) in [5, 5.41) is 24.1. The summed E-state index contributed by atoms with van der Waals surface area (Å²) in [6, 6.07) is -5.01. The number of rotatable bonds is 12. The lowest BCUT2D eigenvalue weighted by Gasteiger charge is -2.21. The first-order valence-electron chi connectivity index (χ1n) is 8.24. The molecule has 13 nitrogen and oxygen atoms in total. The van der Waals surface area contributed by atoms with Gasteiger partial charge >= 0.3 is 11.9 Å². The summed E-state index contributed by atoms with van der Waals surface area (Å²) < 4.78 is 0. The van der Waals surface area contributed by atoms with Crippen molar-refractivity contribution in [2.75, 3.05) is 0 Å². The minimum atomic E-state index is -1.66. The standard InChI is InChI=1S/C15H25N5O8/c1-6(19-14(26)8(16)3-4-10(17)21)12(24)18-7(2)13(25)20-9(15(27)28)5-11(22)23/h6-9H,3-5,16H2,1-2H3,(H2,17,21)(H,18,24)(H,19,26)(H,20,25)(H,22,23)(H,27,28). The zero-order valence-electron chi connectivity index (χ0n) is 15.4. The van der Waals surface area contributed by atoms with Gasteiger partial charge in [0.05, 0.1) is 12.5 Å². The van der Waals surface area contributed by atoms with Crippen LogP contribution < -0.4 is 27.4 Å². The Morgan fingerprint density at radius 2 is 1.32 bits per heavy atom. The number of carbonyl (C=O) groups excluding carboxylic acids is 4. The average Bonchev–Trinajstić information content (AvgIpc) is 2.57. The number of carboxylic acid groups (broad SMARTS) is 2. The molecule has 4 atom stereocenters. The quantitative estimate of drug-likeness (QED) is 0.172. The van der Waals surface area contributed by atoms with Gasteiger partial charge in [-0.1, -0.05) is 0 Å². The summed E-state index contributed by atoms with van der Waals surface area (Å²) in [4.78, 5) is 68.1. The van der Waals surface area contributed by atoms with Crippen molar-refractivity contribution in [2.24, 2.45) is 11.5 Å². The Hall–Kier alpha value is -3.22. The van der Waals surface area contributed by atoms with Crippen molar-refractivity contribution in [3.8, 4) is 0 Å². The van der Waals surface area contributed by atoms with Crippen LogP contribution in [0.4, 0.5) is 0 Å². The number of hydrogen-bond acceptors (Lipinski definition) is 7. The van der Waals surface area contributed by atoms with Crippen LogP contribution in [-0.4, -0.2) is 69.9 Å². The van der Waals surface area contributed by atoms with Gasteiger partial charge in [-0.25, -0.2) is 4.79 Å². The highest BCUT2D eigenvalue weighted by Gasteiger charge is 2.27.